The van der Waals surface area contributed by atoms with Crippen molar-refractivity contribution in [1.82, 2.24) is 0 Å². The van der Waals surface area contributed by atoms with Crippen molar-refractivity contribution in [1.29, 1.82) is 5.26 Å². The Morgan fingerprint density at radius 1 is 1.25 bits per heavy atom. The van der Waals surface area contributed by atoms with E-state index in [0.717, 1.165) is 23.3 Å². The Labute approximate surface area is 118 Å². The Morgan fingerprint density at radius 2 is 1.90 bits per heavy atom. The quantitative estimate of drug-likeness (QED) is 0.929. The Kier molecular flexibility index (Phi) is 3.11. The fourth-order valence-electron chi connectivity index (χ4n) is 2.98. The molecule has 20 heavy (non-hydrogen) atoms. The van der Waals surface area contributed by atoms with E-state index in [1.165, 1.54) is 0 Å². The molecule has 1 N–H and O–H groups in total. The van der Waals surface area contributed by atoms with Crippen LogP contribution < -0.4 is 0 Å². The van der Waals surface area contributed by atoms with Crippen LogP contribution in [0.5, 0.6) is 0 Å². The third kappa shape index (κ3) is 1.93. The Hall–Kier alpha value is -2.05. The van der Waals surface area contributed by atoms with E-state index in [4.69, 9.17) is 4.42 Å². The van der Waals surface area contributed by atoms with Gasteiger partial charge in [-0.2, -0.15) is 5.26 Å². The molecule has 0 saturated heterocycles. The average Bonchev–Trinajstić information content (AvgIpc) is 3.11. The number of benzene rings is 1. The van der Waals surface area contributed by atoms with Gasteiger partial charge in [-0.1, -0.05) is 31.2 Å². The van der Waals surface area contributed by atoms with Crippen LogP contribution in [0.2, 0.25) is 0 Å². The largest absolute Gasteiger partial charge is 0.463 e. The predicted molar refractivity (Wildman–Crippen MR) is 74.9 cm³/mol. The van der Waals surface area contributed by atoms with Crippen molar-refractivity contribution in [3.63, 3.8) is 0 Å². The number of aliphatic hydroxyl groups is 1. The first kappa shape index (κ1) is 13.0. The molecule has 0 bridgehead atoms. The maximum Gasteiger partial charge on any atom is 0.134 e. The number of furan rings is 1. The molecule has 1 heterocycles. The molecule has 1 aliphatic rings. The van der Waals surface area contributed by atoms with Crippen LogP contribution in [0.1, 0.15) is 35.7 Å². The fraction of sp³-hybridized carbons (Fsp3) is 0.353. The van der Waals surface area contributed by atoms with E-state index in [2.05, 4.69) is 6.07 Å². The Morgan fingerprint density at radius 3 is 2.40 bits per heavy atom. The normalized spacial score (nSPS) is 17.4. The summed E-state index contributed by atoms with van der Waals surface area (Å²) in [6.07, 6.45) is 1.04. The van der Waals surface area contributed by atoms with Gasteiger partial charge in [0, 0.05) is 6.42 Å². The van der Waals surface area contributed by atoms with Crippen LogP contribution >= 0.6 is 0 Å². The molecule has 0 saturated carbocycles. The number of nitrogens with zero attached hydrogens (tertiary/aromatic N) is 1. The van der Waals surface area contributed by atoms with Gasteiger partial charge in [-0.05, 0) is 36.1 Å². The molecule has 0 spiro atoms. The van der Waals surface area contributed by atoms with Crippen LogP contribution in [0.3, 0.4) is 0 Å². The van der Waals surface area contributed by atoms with Crippen molar-refractivity contribution in [2.75, 3.05) is 0 Å². The molecule has 102 valence electrons. The minimum atomic E-state index is -0.889. The number of fused-ring (bicyclic) bond motifs is 1. The van der Waals surface area contributed by atoms with Gasteiger partial charge in [0.25, 0.3) is 0 Å². The highest BCUT2D eigenvalue weighted by molar-refractivity contribution is 5.38. The lowest BCUT2D eigenvalue weighted by atomic mass is 9.79. The second-order valence-electron chi connectivity index (χ2n) is 5.45. The molecule has 0 fully saturated rings. The van der Waals surface area contributed by atoms with E-state index >= 15 is 0 Å². The number of hydrogen-bond acceptors (Lipinski definition) is 3. The van der Waals surface area contributed by atoms with Gasteiger partial charge in [0.15, 0.2) is 0 Å². The number of nitriles is 1. The number of aliphatic hydroxyl groups excluding tert-OH is 1. The SMILES string of the molecule is CCc1ccc(C(O)C2(C#N)Cc3ccccc3C2)o1. The lowest BCUT2D eigenvalue weighted by Gasteiger charge is -2.25. The second kappa shape index (κ2) is 4.81. The summed E-state index contributed by atoms with van der Waals surface area (Å²) in [4.78, 5) is 0. The molecule has 0 amide bonds. The minimum absolute atomic E-state index is 0.496. The molecule has 1 aromatic carbocycles. The van der Waals surface area contributed by atoms with E-state index in [1.54, 1.807) is 6.07 Å². The molecule has 0 radical (unpaired) electrons. The maximum absolute atomic E-state index is 10.6. The monoisotopic (exact) mass is 267 g/mol. The lowest BCUT2D eigenvalue weighted by Crippen LogP contribution is -2.28. The van der Waals surface area contributed by atoms with Gasteiger partial charge in [-0.15, -0.1) is 0 Å². The molecule has 0 aliphatic heterocycles. The molecule has 1 atom stereocenters. The van der Waals surface area contributed by atoms with Crippen molar-refractivity contribution >= 4 is 0 Å². The summed E-state index contributed by atoms with van der Waals surface area (Å²) in [5.41, 5.74) is 1.48. The van der Waals surface area contributed by atoms with Gasteiger partial charge in [0.2, 0.25) is 0 Å². The van der Waals surface area contributed by atoms with Crippen LogP contribution in [0.25, 0.3) is 0 Å². The second-order valence-corrected chi connectivity index (χ2v) is 5.45. The summed E-state index contributed by atoms with van der Waals surface area (Å²) < 4.78 is 5.63. The van der Waals surface area contributed by atoms with Crippen molar-refractivity contribution in [3.8, 4) is 6.07 Å². The fourth-order valence-corrected chi connectivity index (χ4v) is 2.98. The molecule has 3 nitrogen and oxygen atoms in total. The summed E-state index contributed by atoms with van der Waals surface area (Å²) in [5.74, 6) is 1.33. The molecular weight excluding hydrogens is 250 g/mol. The van der Waals surface area contributed by atoms with Crippen LogP contribution in [0.4, 0.5) is 0 Å². The third-order valence-corrected chi connectivity index (χ3v) is 4.18. The zero-order valence-corrected chi connectivity index (χ0v) is 11.5. The lowest BCUT2D eigenvalue weighted by molar-refractivity contribution is 0.0488. The summed E-state index contributed by atoms with van der Waals surface area (Å²) in [7, 11) is 0. The van der Waals surface area contributed by atoms with Crippen LogP contribution in [-0.2, 0) is 19.3 Å². The van der Waals surface area contributed by atoms with Crippen LogP contribution in [0.15, 0.2) is 40.8 Å². The molecule has 1 aromatic heterocycles. The summed E-state index contributed by atoms with van der Waals surface area (Å²) in [6.45, 7) is 2.00. The van der Waals surface area contributed by atoms with Crippen molar-refractivity contribution < 1.29 is 9.52 Å². The topological polar surface area (TPSA) is 57.2 Å². The van der Waals surface area contributed by atoms with Crippen molar-refractivity contribution in [2.45, 2.75) is 32.3 Å². The van der Waals surface area contributed by atoms with Gasteiger partial charge < -0.3 is 9.52 Å². The first-order valence-electron chi connectivity index (χ1n) is 6.93. The van der Waals surface area contributed by atoms with Crippen molar-refractivity contribution in [2.24, 2.45) is 5.41 Å². The zero-order chi connectivity index (χ0) is 14.2. The standard InChI is InChI=1S/C17H17NO2/c1-2-14-7-8-15(20-14)16(19)17(11-18)9-12-5-3-4-6-13(12)10-17/h3-8,16,19H,2,9-10H2,1H3. The summed E-state index contributed by atoms with van der Waals surface area (Å²) in [5, 5.41) is 20.3. The highest BCUT2D eigenvalue weighted by Gasteiger charge is 2.45. The minimum Gasteiger partial charge on any atom is -0.463 e. The highest BCUT2D eigenvalue weighted by atomic mass is 16.4. The smallest absolute Gasteiger partial charge is 0.134 e. The van der Waals surface area contributed by atoms with Gasteiger partial charge in [-0.3, -0.25) is 0 Å². The van der Waals surface area contributed by atoms with Gasteiger partial charge >= 0.3 is 0 Å². The van der Waals surface area contributed by atoms with Gasteiger partial charge in [0.1, 0.15) is 17.6 Å². The summed E-state index contributed by atoms with van der Waals surface area (Å²) in [6, 6.07) is 14.0. The Bertz CT molecular complexity index is 641. The average molecular weight is 267 g/mol. The molecule has 1 aliphatic carbocycles. The van der Waals surface area contributed by atoms with Gasteiger partial charge in [-0.25, -0.2) is 0 Å². The molecule has 3 heteroatoms. The van der Waals surface area contributed by atoms with Crippen LogP contribution in [0, 0.1) is 16.7 Å². The van der Waals surface area contributed by atoms with E-state index in [-0.39, 0.29) is 0 Å². The molecule has 1 unspecified atom stereocenters. The molecular formula is C17H17NO2. The van der Waals surface area contributed by atoms with E-state index in [0.29, 0.717) is 18.6 Å². The first-order valence-corrected chi connectivity index (χ1v) is 6.93. The van der Waals surface area contributed by atoms with E-state index in [1.807, 2.05) is 37.3 Å². The molecule has 2 aromatic rings. The zero-order valence-electron chi connectivity index (χ0n) is 11.5. The number of rotatable bonds is 3. The maximum atomic E-state index is 10.6. The molecule has 3 rings (SSSR count). The van der Waals surface area contributed by atoms with E-state index in [9.17, 15) is 10.4 Å². The Balaban J connectivity index is 1.94. The van der Waals surface area contributed by atoms with Crippen molar-refractivity contribution in [3.05, 3.63) is 59.0 Å². The summed E-state index contributed by atoms with van der Waals surface area (Å²) >= 11 is 0. The van der Waals surface area contributed by atoms with Crippen LogP contribution in [-0.4, -0.2) is 5.11 Å². The number of hydrogen-bond donors (Lipinski definition) is 1. The highest BCUT2D eigenvalue weighted by Crippen LogP contribution is 2.45. The third-order valence-electron chi connectivity index (χ3n) is 4.18. The van der Waals surface area contributed by atoms with Gasteiger partial charge in [0.05, 0.1) is 11.5 Å². The first-order chi connectivity index (χ1) is 9.68. The van der Waals surface area contributed by atoms with E-state index < -0.39 is 11.5 Å². The number of aryl methyl sites for hydroxylation is 1. The predicted octanol–water partition coefficient (Wildman–Crippen LogP) is 3.18.